The molecule has 0 atom stereocenters. The van der Waals surface area contributed by atoms with Gasteiger partial charge in [0.2, 0.25) is 0 Å². The van der Waals surface area contributed by atoms with Crippen molar-refractivity contribution < 1.29 is 0 Å². The van der Waals surface area contributed by atoms with Crippen LogP contribution in [0.15, 0.2) is 36.4 Å². The molecule has 0 saturated carbocycles. The molecule has 0 bridgehead atoms. The van der Waals surface area contributed by atoms with Gasteiger partial charge in [0.15, 0.2) is 0 Å². The number of hydrogen-bond donors (Lipinski definition) is 2. The first-order valence-electron chi connectivity index (χ1n) is 5.91. The van der Waals surface area contributed by atoms with Crippen LogP contribution >= 0.6 is 23.8 Å². The van der Waals surface area contributed by atoms with Crippen molar-refractivity contribution >= 4 is 40.2 Å². The van der Waals surface area contributed by atoms with Crippen LogP contribution in [0.5, 0.6) is 0 Å². The molecule has 0 aliphatic heterocycles. The molecular formula is C15H15ClN2S. The fourth-order valence-corrected chi connectivity index (χ4v) is 2.27. The summed E-state index contributed by atoms with van der Waals surface area (Å²) in [6.45, 7) is 4.12. The zero-order chi connectivity index (χ0) is 14.0. The van der Waals surface area contributed by atoms with Gasteiger partial charge in [0.05, 0.1) is 10.7 Å². The molecule has 98 valence electrons. The fourth-order valence-electron chi connectivity index (χ4n) is 1.92. The van der Waals surface area contributed by atoms with Crippen molar-refractivity contribution in [3.8, 4) is 0 Å². The van der Waals surface area contributed by atoms with Crippen molar-refractivity contribution in [2.75, 3.05) is 5.32 Å². The zero-order valence-electron chi connectivity index (χ0n) is 10.8. The van der Waals surface area contributed by atoms with E-state index in [1.54, 1.807) is 6.07 Å². The first-order valence-corrected chi connectivity index (χ1v) is 6.70. The topological polar surface area (TPSA) is 38.0 Å². The smallest absolute Gasteiger partial charge is 0.104 e. The van der Waals surface area contributed by atoms with Crippen molar-refractivity contribution in [3.05, 3.63) is 58.1 Å². The average molecular weight is 291 g/mol. The van der Waals surface area contributed by atoms with E-state index in [4.69, 9.17) is 29.6 Å². The van der Waals surface area contributed by atoms with Crippen LogP contribution < -0.4 is 11.1 Å². The minimum absolute atomic E-state index is 0.348. The van der Waals surface area contributed by atoms with Gasteiger partial charge < -0.3 is 11.1 Å². The lowest BCUT2D eigenvalue weighted by molar-refractivity contribution is 1.36. The van der Waals surface area contributed by atoms with E-state index in [0.717, 1.165) is 16.9 Å². The summed E-state index contributed by atoms with van der Waals surface area (Å²) >= 11 is 11.2. The Morgan fingerprint density at radius 1 is 1.16 bits per heavy atom. The van der Waals surface area contributed by atoms with Crippen molar-refractivity contribution in [3.63, 3.8) is 0 Å². The molecule has 2 nitrogen and oxygen atoms in total. The summed E-state index contributed by atoms with van der Waals surface area (Å²) in [5.74, 6) is 0. The molecule has 0 saturated heterocycles. The van der Waals surface area contributed by atoms with Crippen LogP contribution in [0.2, 0.25) is 5.02 Å². The van der Waals surface area contributed by atoms with Gasteiger partial charge in [-0.05, 0) is 43.2 Å². The molecule has 0 radical (unpaired) electrons. The third kappa shape index (κ3) is 3.06. The van der Waals surface area contributed by atoms with Crippen molar-refractivity contribution in [1.82, 2.24) is 0 Å². The highest BCUT2D eigenvalue weighted by Crippen LogP contribution is 2.29. The third-order valence-corrected chi connectivity index (χ3v) is 3.54. The Morgan fingerprint density at radius 3 is 2.32 bits per heavy atom. The first-order chi connectivity index (χ1) is 8.99. The van der Waals surface area contributed by atoms with E-state index in [-0.39, 0.29) is 0 Å². The quantitative estimate of drug-likeness (QED) is 0.826. The lowest BCUT2D eigenvalue weighted by Gasteiger charge is -2.14. The van der Waals surface area contributed by atoms with Gasteiger partial charge in [-0.3, -0.25) is 0 Å². The number of hydrogen-bond acceptors (Lipinski definition) is 2. The Balaban J connectivity index is 2.36. The van der Waals surface area contributed by atoms with Gasteiger partial charge in [-0.2, -0.15) is 0 Å². The largest absolute Gasteiger partial charge is 0.389 e. The monoisotopic (exact) mass is 290 g/mol. The Labute approximate surface area is 123 Å². The van der Waals surface area contributed by atoms with Crippen LogP contribution in [-0.4, -0.2) is 4.99 Å². The molecule has 2 aromatic carbocycles. The molecule has 0 fully saturated rings. The summed E-state index contributed by atoms with van der Waals surface area (Å²) in [7, 11) is 0. The Kier molecular flexibility index (Phi) is 4.08. The standard InChI is InChI=1S/C15H15ClN2S/c1-9-4-3-5-10(2)14(9)18-13-7-6-11(15(17)19)8-12(13)16/h3-8,18H,1-2H3,(H2,17,19). The molecule has 0 unspecified atom stereocenters. The molecule has 0 spiro atoms. The number of aryl methyl sites for hydroxylation is 2. The lowest BCUT2D eigenvalue weighted by atomic mass is 10.1. The van der Waals surface area contributed by atoms with Crippen LogP contribution in [0.1, 0.15) is 16.7 Å². The Hall–Kier alpha value is -1.58. The van der Waals surface area contributed by atoms with Crippen molar-refractivity contribution in [1.29, 1.82) is 0 Å². The third-order valence-electron chi connectivity index (χ3n) is 2.99. The number of anilines is 2. The van der Waals surface area contributed by atoms with E-state index in [9.17, 15) is 0 Å². The van der Waals surface area contributed by atoms with Crippen LogP contribution in [0.25, 0.3) is 0 Å². The summed E-state index contributed by atoms with van der Waals surface area (Å²) in [5, 5.41) is 3.96. The molecule has 19 heavy (non-hydrogen) atoms. The number of thiocarbonyl (C=S) groups is 1. The maximum atomic E-state index is 6.25. The molecule has 2 rings (SSSR count). The molecule has 4 heteroatoms. The predicted octanol–water partition coefficient (Wildman–Crippen LogP) is 4.33. The maximum absolute atomic E-state index is 6.25. The number of nitrogens with two attached hydrogens (primary N) is 1. The van der Waals surface area contributed by atoms with Crippen molar-refractivity contribution in [2.45, 2.75) is 13.8 Å². The summed E-state index contributed by atoms with van der Waals surface area (Å²) in [4.78, 5) is 0.348. The minimum atomic E-state index is 0.348. The summed E-state index contributed by atoms with van der Waals surface area (Å²) in [6, 6.07) is 11.7. The fraction of sp³-hybridized carbons (Fsp3) is 0.133. The number of para-hydroxylation sites is 1. The lowest BCUT2D eigenvalue weighted by Crippen LogP contribution is -2.09. The van der Waals surface area contributed by atoms with Gasteiger partial charge in [0.25, 0.3) is 0 Å². The normalized spacial score (nSPS) is 10.3. The number of halogens is 1. The van der Waals surface area contributed by atoms with Gasteiger partial charge in [-0.25, -0.2) is 0 Å². The number of rotatable bonds is 3. The van der Waals surface area contributed by atoms with E-state index < -0.39 is 0 Å². The van der Waals surface area contributed by atoms with E-state index in [2.05, 4.69) is 31.3 Å². The number of benzene rings is 2. The summed E-state index contributed by atoms with van der Waals surface area (Å²) in [6.07, 6.45) is 0. The van der Waals surface area contributed by atoms with Crippen LogP contribution in [-0.2, 0) is 0 Å². The average Bonchev–Trinajstić information content (AvgIpc) is 2.35. The maximum Gasteiger partial charge on any atom is 0.104 e. The predicted molar refractivity (Wildman–Crippen MR) is 86.5 cm³/mol. The Bertz CT molecular complexity index is 618. The van der Waals surface area contributed by atoms with E-state index in [1.807, 2.05) is 18.2 Å². The van der Waals surface area contributed by atoms with Gasteiger partial charge in [0.1, 0.15) is 4.99 Å². The van der Waals surface area contributed by atoms with Gasteiger partial charge in [-0.1, -0.05) is 42.0 Å². The zero-order valence-corrected chi connectivity index (χ0v) is 12.4. The number of nitrogens with one attached hydrogen (secondary N) is 1. The molecule has 0 heterocycles. The molecule has 2 aromatic rings. The van der Waals surface area contributed by atoms with E-state index in [0.29, 0.717) is 10.0 Å². The van der Waals surface area contributed by atoms with Gasteiger partial charge in [0, 0.05) is 11.3 Å². The van der Waals surface area contributed by atoms with E-state index >= 15 is 0 Å². The first kappa shape index (κ1) is 13.8. The molecule has 0 aliphatic rings. The highest BCUT2D eigenvalue weighted by molar-refractivity contribution is 7.80. The van der Waals surface area contributed by atoms with Crippen LogP contribution in [0, 0.1) is 13.8 Å². The Morgan fingerprint density at radius 2 is 1.79 bits per heavy atom. The van der Waals surface area contributed by atoms with Crippen LogP contribution in [0.4, 0.5) is 11.4 Å². The second-order valence-electron chi connectivity index (χ2n) is 4.45. The molecule has 3 N–H and O–H groups in total. The molecule has 0 aliphatic carbocycles. The highest BCUT2D eigenvalue weighted by Gasteiger charge is 2.07. The SMILES string of the molecule is Cc1cccc(C)c1Nc1ccc(C(N)=S)cc1Cl. The van der Waals surface area contributed by atoms with Gasteiger partial charge >= 0.3 is 0 Å². The molecule has 0 aromatic heterocycles. The van der Waals surface area contributed by atoms with Crippen molar-refractivity contribution in [2.24, 2.45) is 5.73 Å². The van der Waals surface area contributed by atoms with Gasteiger partial charge in [-0.15, -0.1) is 0 Å². The van der Waals surface area contributed by atoms with Crippen LogP contribution in [0.3, 0.4) is 0 Å². The molecule has 0 amide bonds. The molecular weight excluding hydrogens is 276 g/mol. The van der Waals surface area contributed by atoms with E-state index in [1.165, 1.54) is 11.1 Å². The summed E-state index contributed by atoms with van der Waals surface area (Å²) < 4.78 is 0. The second-order valence-corrected chi connectivity index (χ2v) is 5.30. The highest BCUT2D eigenvalue weighted by atomic mass is 35.5. The summed E-state index contributed by atoms with van der Waals surface area (Å²) in [5.41, 5.74) is 10.6. The second kappa shape index (κ2) is 5.59. The minimum Gasteiger partial charge on any atom is -0.389 e.